The smallest absolute Gasteiger partial charge is 0.222 e. The van der Waals surface area contributed by atoms with Crippen molar-refractivity contribution in [3.8, 4) is 0 Å². The van der Waals surface area contributed by atoms with E-state index in [9.17, 15) is 4.79 Å². The van der Waals surface area contributed by atoms with E-state index in [1.807, 2.05) is 36.9 Å². The van der Waals surface area contributed by atoms with Gasteiger partial charge in [-0.2, -0.15) is 0 Å². The molecule has 1 aromatic heterocycles. The highest BCUT2D eigenvalue weighted by molar-refractivity contribution is 6.31. The standard InChI is InChI=1S/C25H33ClN4O/c1-18-22(17-21-9-5-6-10-23(21)26)25(28-19(2)27-18)30-15-13-29(14-16-30)24(31)12-11-20-7-3-4-8-20/h5-6,9-10,20H,3-4,7-8,11-17H2,1-2H3. The molecule has 1 aliphatic carbocycles. The molecule has 1 aliphatic heterocycles. The molecule has 2 fully saturated rings. The number of carbonyl (C=O) groups excluding carboxylic acids is 1. The van der Waals surface area contributed by atoms with Gasteiger partial charge in [0.2, 0.25) is 5.91 Å². The Kier molecular flexibility index (Phi) is 7.11. The van der Waals surface area contributed by atoms with Gasteiger partial charge in [-0.1, -0.05) is 55.5 Å². The van der Waals surface area contributed by atoms with Crippen molar-refractivity contribution in [3.63, 3.8) is 0 Å². The zero-order valence-electron chi connectivity index (χ0n) is 18.7. The fraction of sp³-hybridized carbons (Fsp3) is 0.560. The highest BCUT2D eigenvalue weighted by atomic mass is 35.5. The third kappa shape index (κ3) is 5.38. The van der Waals surface area contributed by atoms with Gasteiger partial charge < -0.3 is 9.80 Å². The van der Waals surface area contributed by atoms with Crippen LogP contribution in [0.2, 0.25) is 5.02 Å². The SMILES string of the molecule is Cc1nc(C)c(Cc2ccccc2Cl)c(N2CCN(C(=O)CCC3CCCC3)CC2)n1. The van der Waals surface area contributed by atoms with Gasteiger partial charge in [-0.25, -0.2) is 9.97 Å². The van der Waals surface area contributed by atoms with Crippen LogP contribution < -0.4 is 4.90 Å². The van der Waals surface area contributed by atoms with Crippen molar-refractivity contribution in [1.29, 1.82) is 0 Å². The predicted octanol–water partition coefficient (Wildman–Crippen LogP) is 4.96. The molecule has 0 atom stereocenters. The molecule has 0 spiro atoms. The molecular formula is C25H33ClN4O. The van der Waals surface area contributed by atoms with Crippen LogP contribution in [0.4, 0.5) is 5.82 Å². The highest BCUT2D eigenvalue weighted by Gasteiger charge is 2.26. The number of halogens is 1. The summed E-state index contributed by atoms with van der Waals surface area (Å²) in [4.78, 5) is 26.5. The summed E-state index contributed by atoms with van der Waals surface area (Å²) in [6, 6.07) is 7.96. The van der Waals surface area contributed by atoms with Gasteiger partial charge >= 0.3 is 0 Å². The van der Waals surface area contributed by atoms with Crippen LogP contribution in [-0.4, -0.2) is 47.0 Å². The number of hydrogen-bond donors (Lipinski definition) is 0. The summed E-state index contributed by atoms with van der Waals surface area (Å²) >= 11 is 6.43. The van der Waals surface area contributed by atoms with Crippen molar-refractivity contribution in [2.75, 3.05) is 31.1 Å². The third-order valence-electron chi connectivity index (χ3n) is 6.80. The number of piperazine rings is 1. The van der Waals surface area contributed by atoms with E-state index in [1.54, 1.807) is 0 Å². The number of benzene rings is 1. The summed E-state index contributed by atoms with van der Waals surface area (Å²) < 4.78 is 0. The third-order valence-corrected chi connectivity index (χ3v) is 7.17. The average Bonchev–Trinajstić information content (AvgIpc) is 3.29. The Morgan fingerprint density at radius 1 is 1.06 bits per heavy atom. The second-order valence-corrected chi connectivity index (χ2v) is 9.39. The van der Waals surface area contributed by atoms with Crippen LogP contribution in [-0.2, 0) is 11.2 Å². The number of aromatic nitrogens is 2. The minimum atomic E-state index is 0.317. The molecule has 0 N–H and O–H groups in total. The Bertz CT molecular complexity index is 918. The molecule has 2 heterocycles. The Labute approximate surface area is 190 Å². The molecule has 0 radical (unpaired) electrons. The number of carbonyl (C=O) groups is 1. The number of amides is 1. The van der Waals surface area contributed by atoms with Gasteiger partial charge in [-0.15, -0.1) is 0 Å². The minimum Gasteiger partial charge on any atom is -0.353 e. The number of hydrogen-bond acceptors (Lipinski definition) is 4. The maximum Gasteiger partial charge on any atom is 0.222 e. The van der Waals surface area contributed by atoms with Crippen molar-refractivity contribution in [2.45, 2.75) is 58.8 Å². The van der Waals surface area contributed by atoms with Crippen molar-refractivity contribution in [2.24, 2.45) is 5.92 Å². The normalized spacial score (nSPS) is 17.4. The van der Waals surface area contributed by atoms with E-state index in [-0.39, 0.29) is 0 Å². The summed E-state index contributed by atoms with van der Waals surface area (Å²) in [5, 5.41) is 0.770. The van der Waals surface area contributed by atoms with Gasteiger partial charge in [-0.05, 0) is 37.8 Å². The number of aryl methyl sites for hydroxylation is 2. The summed E-state index contributed by atoms with van der Waals surface area (Å²) in [6.45, 7) is 7.13. The van der Waals surface area contributed by atoms with Gasteiger partial charge in [0.15, 0.2) is 0 Å². The first kappa shape index (κ1) is 22.1. The van der Waals surface area contributed by atoms with Crippen LogP contribution in [0.15, 0.2) is 24.3 Å². The van der Waals surface area contributed by atoms with Gasteiger partial charge in [0.1, 0.15) is 11.6 Å². The Balaban J connectivity index is 1.43. The molecule has 31 heavy (non-hydrogen) atoms. The summed E-state index contributed by atoms with van der Waals surface area (Å²) in [6.07, 6.45) is 7.77. The van der Waals surface area contributed by atoms with E-state index >= 15 is 0 Å². The fourth-order valence-electron chi connectivity index (χ4n) is 4.97. The lowest BCUT2D eigenvalue weighted by atomic mass is 10.0. The molecule has 1 saturated heterocycles. The van der Waals surface area contributed by atoms with E-state index in [4.69, 9.17) is 16.6 Å². The lowest BCUT2D eigenvalue weighted by molar-refractivity contribution is -0.131. The molecule has 0 unspecified atom stereocenters. The topological polar surface area (TPSA) is 49.3 Å². The molecular weight excluding hydrogens is 408 g/mol. The lowest BCUT2D eigenvalue weighted by Crippen LogP contribution is -2.49. The van der Waals surface area contributed by atoms with Crippen molar-refractivity contribution >= 4 is 23.3 Å². The van der Waals surface area contributed by atoms with Crippen molar-refractivity contribution < 1.29 is 4.79 Å². The number of rotatable bonds is 6. The van der Waals surface area contributed by atoms with Crippen LogP contribution in [0.5, 0.6) is 0 Å². The molecule has 2 aromatic rings. The second-order valence-electron chi connectivity index (χ2n) is 8.98. The van der Waals surface area contributed by atoms with E-state index in [1.165, 1.54) is 25.7 Å². The molecule has 0 bridgehead atoms. The predicted molar refractivity (Wildman–Crippen MR) is 126 cm³/mol. The first-order chi connectivity index (χ1) is 15.0. The van der Waals surface area contributed by atoms with Crippen LogP contribution >= 0.6 is 11.6 Å². The van der Waals surface area contributed by atoms with Crippen molar-refractivity contribution in [1.82, 2.24) is 14.9 Å². The highest BCUT2D eigenvalue weighted by Crippen LogP contribution is 2.30. The van der Waals surface area contributed by atoms with Crippen LogP contribution in [0, 0.1) is 19.8 Å². The molecule has 1 saturated carbocycles. The minimum absolute atomic E-state index is 0.317. The largest absolute Gasteiger partial charge is 0.353 e. The maximum absolute atomic E-state index is 12.7. The zero-order chi connectivity index (χ0) is 21.8. The van der Waals surface area contributed by atoms with Crippen molar-refractivity contribution in [3.05, 3.63) is 51.9 Å². The van der Waals surface area contributed by atoms with E-state index in [2.05, 4.69) is 16.0 Å². The quantitative estimate of drug-likeness (QED) is 0.637. The molecule has 4 rings (SSSR count). The van der Waals surface area contributed by atoms with Gasteiger partial charge in [0.25, 0.3) is 0 Å². The first-order valence-electron chi connectivity index (χ1n) is 11.6. The molecule has 6 heteroatoms. The van der Waals surface area contributed by atoms with Crippen LogP contribution in [0.25, 0.3) is 0 Å². The molecule has 1 aromatic carbocycles. The number of anilines is 1. The zero-order valence-corrected chi connectivity index (χ0v) is 19.5. The Morgan fingerprint density at radius 3 is 2.48 bits per heavy atom. The number of nitrogens with zero attached hydrogens (tertiary/aromatic N) is 4. The second kappa shape index (κ2) is 9.99. The average molecular weight is 441 g/mol. The van der Waals surface area contributed by atoms with Crippen LogP contribution in [0.1, 0.15) is 61.2 Å². The first-order valence-corrected chi connectivity index (χ1v) is 12.0. The molecule has 1 amide bonds. The summed E-state index contributed by atoms with van der Waals surface area (Å²) in [5.41, 5.74) is 3.21. The van der Waals surface area contributed by atoms with Crippen LogP contribution in [0.3, 0.4) is 0 Å². The summed E-state index contributed by atoms with van der Waals surface area (Å²) in [7, 11) is 0. The fourth-order valence-corrected chi connectivity index (χ4v) is 5.17. The maximum atomic E-state index is 12.7. The van der Waals surface area contributed by atoms with Gasteiger partial charge in [0, 0.05) is 55.3 Å². The van der Waals surface area contributed by atoms with E-state index in [0.29, 0.717) is 18.7 Å². The summed E-state index contributed by atoms with van der Waals surface area (Å²) in [5.74, 6) is 2.86. The Hall–Kier alpha value is -2.14. The Morgan fingerprint density at radius 2 is 1.77 bits per heavy atom. The van der Waals surface area contributed by atoms with Gasteiger partial charge in [-0.3, -0.25) is 4.79 Å². The molecule has 166 valence electrons. The molecule has 5 nitrogen and oxygen atoms in total. The lowest BCUT2D eigenvalue weighted by Gasteiger charge is -2.36. The van der Waals surface area contributed by atoms with E-state index in [0.717, 1.165) is 72.0 Å². The van der Waals surface area contributed by atoms with Gasteiger partial charge in [0.05, 0.1) is 0 Å². The molecule has 2 aliphatic rings. The monoisotopic (exact) mass is 440 g/mol. The van der Waals surface area contributed by atoms with E-state index < -0.39 is 0 Å².